The van der Waals surface area contributed by atoms with Crippen molar-refractivity contribution in [2.45, 2.75) is 33.2 Å². The van der Waals surface area contributed by atoms with Crippen molar-refractivity contribution in [2.75, 3.05) is 32.8 Å². The van der Waals surface area contributed by atoms with E-state index in [0.717, 1.165) is 6.42 Å². The summed E-state index contributed by atoms with van der Waals surface area (Å²) < 4.78 is 4.97. The van der Waals surface area contributed by atoms with Gasteiger partial charge in [0.15, 0.2) is 0 Å². The number of amides is 3. The van der Waals surface area contributed by atoms with E-state index in [1.165, 1.54) is 12.4 Å². The van der Waals surface area contributed by atoms with Gasteiger partial charge in [-0.05, 0) is 26.3 Å². The molecule has 1 aromatic heterocycles. The molecule has 0 aromatic carbocycles. The maximum absolute atomic E-state index is 12.7. The number of hydrogen-bond acceptors (Lipinski definition) is 5. The zero-order chi connectivity index (χ0) is 19.1. The SMILES string of the molecule is CCOC(=O)N1CCN(C(=O)c2cncc(C(=O)NC(C)CC)c2)CC1. The molecule has 2 rings (SSSR count). The van der Waals surface area contributed by atoms with Gasteiger partial charge in [-0.1, -0.05) is 6.92 Å². The molecule has 26 heavy (non-hydrogen) atoms. The van der Waals surface area contributed by atoms with Crippen LogP contribution in [0.3, 0.4) is 0 Å². The highest BCUT2D eigenvalue weighted by Gasteiger charge is 2.26. The summed E-state index contributed by atoms with van der Waals surface area (Å²) >= 11 is 0. The minimum absolute atomic E-state index is 0.0535. The van der Waals surface area contributed by atoms with Gasteiger partial charge in [-0.2, -0.15) is 0 Å². The first kappa shape index (κ1) is 19.7. The second kappa shape index (κ2) is 9.17. The molecule has 1 aromatic rings. The molecule has 1 saturated heterocycles. The highest BCUT2D eigenvalue weighted by atomic mass is 16.6. The molecule has 2 heterocycles. The van der Waals surface area contributed by atoms with Crippen LogP contribution in [0.15, 0.2) is 18.5 Å². The number of ether oxygens (including phenoxy) is 1. The number of carbonyl (C=O) groups is 3. The Morgan fingerprint density at radius 2 is 1.73 bits per heavy atom. The summed E-state index contributed by atoms with van der Waals surface area (Å²) in [7, 11) is 0. The lowest BCUT2D eigenvalue weighted by molar-refractivity contribution is 0.0570. The molecule has 8 nitrogen and oxygen atoms in total. The minimum atomic E-state index is -0.357. The van der Waals surface area contributed by atoms with Gasteiger partial charge < -0.3 is 19.9 Å². The predicted molar refractivity (Wildman–Crippen MR) is 96.0 cm³/mol. The molecule has 0 radical (unpaired) electrons. The summed E-state index contributed by atoms with van der Waals surface area (Å²) in [5.74, 6) is -0.437. The van der Waals surface area contributed by atoms with E-state index in [-0.39, 0.29) is 23.9 Å². The van der Waals surface area contributed by atoms with Gasteiger partial charge in [-0.3, -0.25) is 14.6 Å². The third-order valence-corrected chi connectivity index (χ3v) is 4.33. The fourth-order valence-corrected chi connectivity index (χ4v) is 2.58. The molecule has 1 aliphatic heterocycles. The van der Waals surface area contributed by atoms with Crippen LogP contribution in [0.4, 0.5) is 4.79 Å². The number of carbonyl (C=O) groups excluding carboxylic acids is 3. The Morgan fingerprint density at radius 1 is 1.12 bits per heavy atom. The van der Waals surface area contributed by atoms with Gasteiger partial charge in [-0.15, -0.1) is 0 Å². The Morgan fingerprint density at radius 3 is 2.35 bits per heavy atom. The molecule has 1 aliphatic rings. The molecule has 0 bridgehead atoms. The van der Waals surface area contributed by atoms with Crippen LogP contribution in [0.1, 0.15) is 47.9 Å². The number of aromatic nitrogens is 1. The zero-order valence-corrected chi connectivity index (χ0v) is 15.5. The predicted octanol–water partition coefficient (Wildman–Crippen LogP) is 1.52. The number of nitrogens with zero attached hydrogens (tertiary/aromatic N) is 3. The van der Waals surface area contributed by atoms with Crippen molar-refractivity contribution in [3.63, 3.8) is 0 Å². The molecular formula is C18H26N4O4. The van der Waals surface area contributed by atoms with E-state index < -0.39 is 0 Å². The molecule has 8 heteroatoms. The van der Waals surface area contributed by atoms with Gasteiger partial charge in [0, 0.05) is 44.6 Å². The Hall–Kier alpha value is -2.64. The van der Waals surface area contributed by atoms with Crippen molar-refractivity contribution in [1.82, 2.24) is 20.1 Å². The molecule has 1 unspecified atom stereocenters. The van der Waals surface area contributed by atoms with Gasteiger partial charge in [0.05, 0.1) is 17.7 Å². The molecule has 0 saturated carbocycles. The molecule has 3 amide bonds. The van der Waals surface area contributed by atoms with Gasteiger partial charge in [0.2, 0.25) is 0 Å². The van der Waals surface area contributed by atoms with Gasteiger partial charge in [-0.25, -0.2) is 4.79 Å². The second-order valence-electron chi connectivity index (χ2n) is 6.22. The van der Waals surface area contributed by atoms with E-state index in [9.17, 15) is 14.4 Å². The van der Waals surface area contributed by atoms with E-state index in [1.54, 1.807) is 22.8 Å². The fraction of sp³-hybridized carbons (Fsp3) is 0.556. The van der Waals surface area contributed by atoms with Crippen LogP contribution in [0.2, 0.25) is 0 Å². The molecule has 1 atom stereocenters. The van der Waals surface area contributed by atoms with Crippen LogP contribution in [0, 0.1) is 0 Å². The zero-order valence-electron chi connectivity index (χ0n) is 15.5. The largest absolute Gasteiger partial charge is 0.450 e. The van der Waals surface area contributed by atoms with Crippen molar-refractivity contribution in [3.8, 4) is 0 Å². The first-order chi connectivity index (χ1) is 12.5. The monoisotopic (exact) mass is 362 g/mol. The topological polar surface area (TPSA) is 91.8 Å². The first-order valence-corrected chi connectivity index (χ1v) is 8.93. The average molecular weight is 362 g/mol. The maximum Gasteiger partial charge on any atom is 0.409 e. The maximum atomic E-state index is 12.7. The minimum Gasteiger partial charge on any atom is -0.450 e. The number of pyridine rings is 1. The molecule has 1 fully saturated rings. The van der Waals surface area contributed by atoms with Crippen LogP contribution in [0.5, 0.6) is 0 Å². The lowest BCUT2D eigenvalue weighted by atomic mass is 10.1. The van der Waals surface area contributed by atoms with E-state index >= 15 is 0 Å². The van der Waals surface area contributed by atoms with Crippen molar-refractivity contribution < 1.29 is 19.1 Å². The highest BCUT2D eigenvalue weighted by Crippen LogP contribution is 2.11. The number of piperazine rings is 1. The Bertz CT molecular complexity index is 656. The fourth-order valence-electron chi connectivity index (χ4n) is 2.58. The third-order valence-electron chi connectivity index (χ3n) is 4.33. The van der Waals surface area contributed by atoms with Crippen LogP contribution in [-0.2, 0) is 4.74 Å². The number of hydrogen-bond donors (Lipinski definition) is 1. The number of rotatable bonds is 5. The third kappa shape index (κ3) is 4.93. The summed E-state index contributed by atoms with van der Waals surface area (Å²) in [6.45, 7) is 7.67. The van der Waals surface area contributed by atoms with E-state index in [2.05, 4.69) is 10.3 Å². The smallest absolute Gasteiger partial charge is 0.409 e. The second-order valence-corrected chi connectivity index (χ2v) is 6.22. The standard InChI is InChI=1S/C18H26N4O4/c1-4-13(3)20-16(23)14-10-15(12-19-11-14)17(24)21-6-8-22(9-7-21)18(25)26-5-2/h10-13H,4-9H2,1-3H3,(H,20,23). The summed E-state index contributed by atoms with van der Waals surface area (Å²) in [5, 5.41) is 2.86. The Kier molecular flexibility index (Phi) is 6.94. The van der Waals surface area contributed by atoms with Gasteiger partial charge >= 0.3 is 6.09 Å². The Balaban J connectivity index is 1.99. The average Bonchev–Trinajstić information content (AvgIpc) is 2.67. The molecule has 0 spiro atoms. The van der Waals surface area contributed by atoms with Crippen molar-refractivity contribution in [3.05, 3.63) is 29.6 Å². The van der Waals surface area contributed by atoms with Crippen molar-refractivity contribution in [1.29, 1.82) is 0 Å². The Labute approximate surface area is 153 Å². The molecule has 1 N–H and O–H groups in total. The van der Waals surface area contributed by atoms with E-state index in [0.29, 0.717) is 43.9 Å². The lowest BCUT2D eigenvalue weighted by Crippen LogP contribution is -2.50. The van der Waals surface area contributed by atoms with Crippen LogP contribution in [0.25, 0.3) is 0 Å². The first-order valence-electron chi connectivity index (χ1n) is 8.93. The van der Waals surface area contributed by atoms with E-state index in [1.807, 2.05) is 13.8 Å². The normalized spacial score (nSPS) is 15.3. The van der Waals surface area contributed by atoms with Gasteiger partial charge in [0.1, 0.15) is 0 Å². The summed E-state index contributed by atoms with van der Waals surface area (Å²) in [5.41, 5.74) is 0.729. The molecule has 142 valence electrons. The van der Waals surface area contributed by atoms with Gasteiger partial charge in [0.25, 0.3) is 11.8 Å². The van der Waals surface area contributed by atoms with Crippen LogP contribution in [-0.4, -0.2) is 71.5 Å². The number of nitrogens with one attached hydrogen (secondary N) is 1. The molecule has 0 aliphatic carbocycles. The van der Waals surface area contributed by atoms with Crippen molar-refractivity contribution in [2.24, 2.45) is 0 Å². The summed E-state index contributed by atoms with van der Waals surface area (Å²) in [6, 6.07) is 1.61. The molecular weight excluding hydrogens is 336 g/mol. The van der Waals surface area contributed by atoms with Crippen molar-refractivity contribution >= 4 is 17.9 Å². The van der Waals surface area contributed by atoms with Crippen LogP contribution < -0.4 is 5.32 Å². The van der Waals surface area contributed by atoms with E-state index in [4.69, 9.17) is 4.74 Å². The van der Waals surface area contributed by atoms with Crippen LogP contribution >= 0.6 is 0 Å². The quantitative estimate of drug-likeness (QED) is 0.857. The highest BCUT2D eigenvalue weighted by molar-refractivity contribution is 5.99. The summed E-state index contributed by atoms with van der Waals surface area (Å²) in [4.78, 5) is 43.9. The lowest BCUT2D eigenvalue weighted by Gasteiger charge is -2.34. The summed E-state index contributed by atoms with van der Waals surface area (Å²) in [6.07, 6.45) is 3.38.